The van der Waals surface area contributed by atoms with E-state index in [1.807, 2.05) is 11.1 Å². The number of rotatable bonds is 6. The standard InChI is InChI=1S/C30H48O2/c1-19(2)20(3)8-9-21(4)26-12-13-27-25-11-10-23-18-24(32-22(5)31)14-16-29(23,6)28(25)15-17-30(26,27)7/h19,21,23-24,26-27H,3,8-18H2,1-2,4-7H3. The molecule has 0 aromatic heterocycles. The van der Waals surface area contributed by atoms with Gasteiger partial charge in [0.15, 0.2) is 0 Å². The molecule has 7 unspecified atom stereocenters. The van der Waals surface area contributed by atoms with Crippen LogP contribution in [-0.4, -0.2) is 12.1 Å². The molecule has 4 aliphatic rings. The highest BCUT2D eigenvalue weighted by Crippen LogP contribution is 2.66. The van der Waals surface area contributed by atoms with Crippen LogP contribution in [0.4, 0.5) is 0 Å². The minimum absolute atomic E-state index is 0.106. The lowest BCUT2D eigenvalue weighted by Gasteiger charge is -2.55. The second-order valence-electron chi connectivity index (χ2n) is 12.7. The zero-order chi connectivity index (χ0) is 23.3. The van der Waals surface area contributed by atoms with E-state index in [1.54, 1.807) is 6.92 Å². The first kappa shape index (κ1) is 24.1. The predicted octanol–water partition coefficient (Wildman–Crippen LogP) is 8.27. The molecule has 0 amide bonds. The Morgan fingerprint density at radius 3 is 2.53 bits per heavy atom. The number of ether oxygens (including phenoxy) is 1. The largest absolute Gasteiger partial charge is 0.463 e. The van der Waals surface area contributed by atoms with Gasteiger partial charge >= 0.3 is 5.97 Å². The minimum Gasteiger partial charge on any atom is -0.463 e. The Bertz CT molecular complexity index is 776. The van der Waals surface area contributed by atoms with Crippen molar-refractivity contribution in [3.63, 3.8) is 0 Å². The summed E-state index contributed by atoms with van der Waals surface area (Å²) < 4.78 is 5.64. The fraction of sp³-hybridized carbons (Fsp3) is 0.833. The SMILES string of the molecule is C=C(CCC(C)C1CCC2C3=C(CCC21C)C1(C)CCC(OC(C)=O)CC1CC3)C(C)C. The van der Waals surface area contributed by atoms with Gasteiger partial charge in [0.2, 0.25) is 0 Å². The van der Waals surface area contributed by atoms with E-state index in [0.717, 1.165) is 30.6 Å². The molecule has 0 aromatic carbocycles. The first-order valence-electron chi connectivity index (χ1n) is 13.6. The van der Waals surface area contributed by atoms with E-state index in [-0.39, 0.29) is 12.1 Å². The van der Waals surface area contributed by atoms with Crippen LogP contribution in [-0.2, 0) is 9.53 Å². The van der Waals surface area contributed by atoms with Crippen molar-refractivity contribution in [2.45, 2.75) is 118 Å². The maximum Gasteiger partial charge on any atom is 0.302 e. The Labute approximate surface area is 197 Å². The molecular formula is C30H48O2. The molecule has 0 saturated heterocycles. The predicted molar refractivity (Wildman–Crippen MR) is 133 cm³/mol. The third-order valence-corrected chi connectivity index (χ3v) is 10.8. The first-order chi connectivity index (χ1) is 15.1. The van der Waals surface area contributed by atoms with Crippen molar-refractivity contribution < 1.29 is 9.53 Å². The smallest absolute Gasteiger partial charge is 0.302 e. The number of allylic oxidation sites excluding steroid dienone is 3. The first-order valence-corrected chi connectivity index (χ1v) is 13.6. The van der Waals surface area contributed by atoms with Crippen LogP contribution in [0.15, 0.2) is 23.3 Å². The summed E-state index contributed by atoms with van der Waals surface area (Å²) >= 11 is 0. The van der Waals surface area contributed by atoms with Gasteiger partial charge in [0.25, 0.3) is 0 Å². The molecule has 4 rings (SSSR count). The topological polar surface area (TPSA) is 26.3 Å². The Kier molecular flexibility index (Phi) is 6.74. The Morgan fingerprint density at radius 2 is 1.84 bits per heavy atom. The summed E-state index contributed by atoms with van der Waals surface area (Å²) in [4.78, 5) is 11.5. The van der Waals surface area contributed by atoms with Crippen LogP contribution in [0.3, 0.4) is 0 Å². The summed E-state index contributed by atoms with van der Waals surface area (Å²) in [5, 5.41) is 0. The maximum absolute atomic E-state index is 11.5. The summed E-state index contributed by atoms with van der Waals surface area (Å²) in [6, 6.07) is 0. The van der Waals surface area contributed by atoms with Gasteiger partial charge in [0, 0.05) is 6.92 Å². The van der Waals surface area contributed by atoms with Crippen molar-refractivity contribution in [1.82, 2.24) is 0 Å². The van der Waals surface area contributed by atoms with Crippen molar-refractivity contribution >= 4 is 5.97 Å². The van der Waals surface area contributed by atoms with E-state index in [4.69, 9.17) is 4.74 Å². The van der Waals surface area contributed by atoms with Crippen molar-refractivity contribution in [2.75, 3.05) is 0 Å². The highest BCUT2D eigenvalue weighted by molar-refractivity contribution is 5.66. The third kappa shape index (κ3) is 4.14. The maximum atomic E-state index is 11.5. The van der Waals surface area contributed by atoms with Crippen molar-refractivity contribution in [3.05, 3.63) is 23.3 Å². The molecule has 2 fully saturated rings. The lowest BCUT2D eigenvalue weighted by molar-refractivity contribution is -0.150. The van der Waals surface area contributed by atoms with Crippen molar-refractivity contribution in [3.8, 4) is 0 Å². The van der Waals surface area contributed by atoms with Gasteiger partial charge in [0.1, 0.15) is 6.10 Å². The molecule has 0 aliphatic heterocycles. The van der Waals surface area contributed by atoms with Crippen molar-refractivity contribution in [2.24, 2.45) is 40.4 Å². The molecule has 0 N–H and O–H groups in total. The van der Waals surface area contributed by atoms with E-state index in [0.29, 0.717) is 22.7 Å². The van der Waals surface area contributed by atoms with Gasteiger partial charge in [-0.05, 0) is 111 Å². The lowest BCUT2D eigenvalue weighted by Crippen LogP contribution is -2.46. The number of carbonyl (C=O) groups is 1. The number of fused-ring (bicyclic) bond motifs is 4. The Hall–Kier alpha value is -1.05. The zero-order valence-corrected chi connectivity index (χ0v) is 21.8. The summed E-state index contributed by atoms with van der Waals surface area (Å²) in [5.41, 5.74) is 6.00. The fourth-order valence-corrected chi connectivity index (χ4v) is 8.64. The molecular weight excluding hydrogens is 392 g/mol. The number of esters is 1. The average Bonchev–Trinajstić information content (AvgIpc) is 3.08. The molecule has 32 heavy (non-hydrogen) atoms. The number of carbonyl (C=O) groups excluding carboxylic acids is 1. The van der Waals surface area contributed by atoms with E-state index in [9.17, 15) is 4.79 Å². The quantitative estimate of drug-likeness (QED) is 0.307. The monoisotopic (exact) mass is 440 g/mol. The van der Waals surface area contributed by atoms with Crippen LogP contribution < -0.4 is 0 Å². The number of hydrogen-bond donors (Lipinski definition) is 0. The normalized spacial score (nSPS) is 39.8. The van der Waals surface area contributed by atoms with Crippen LogP contribution in [0, 0.1) is 40.4 Å². The van der Waals surface area contributed by atoms with Gasteiger partial charge < -0.3 is 4.74 Å². The van der Waals surface area contributed by atoms with E-state index in [1.165, 1.54) is 63.4 Å². The minimum atomic E-state index is -0.106. The van der Waals surface area contributed by atoms with Gasteiger partial charge in [-0.15, -0.1) is 0 Å². The highest BCUT2D eigenvalue weighted by Gasteiger charge is 2.56. The summed E-state index contributed by atoms with van der Waals surface area (Å²) in [6.45, 7) is 18.2. The zero-order valence-electron chi connectivity index (χ0n) is 21.8. The van der Waals surface area contributed by atoms with Gasteiger partial charge in [-0.3, -0.25) is 4.79 Å². The summed E-state index contributed by atoms with van der Waals surface area (Å²) in [7, 11) is 0. The Morgan fingerprint density at radius 1 is 1.09 bits per heavy atom. The molecule has 0 heterocycles. The van der Waals surface area contributed by atoms with E-state index >= 15 is 0 Å². The van der Waals surface area contributed by atoms with Crippen LogP contribution in [0.5, 0.6) is 0 Å². The summed E-state index contributed by atoms with van der Waals surface area (Å²) in [5.74, 6) is 3.69. The number of hydrogen-bond acceptors (Lipinski definition) is 2. The second kappa shape index (κ2) is 8.95. The van der Waals surface area contributed by atoms with Gasteiger partial charge in [-0.2, -0.15) is 0 Å². The van der Waals surface area contributed by atoms with Gasteiger partial charge in [-0.1, -0.05) is 57.9 Å². The molecule has 0 bridgehead atoms. The Balaban J connectivity index is 1.49. The van der Waals surface area contributed by atoms with E-state index in [2.05, 4.69) is 41.2 Å². The molecule has 4 aliphatic carbocycles. The molecule has 2 nitrogen and oxygen atoms in total. The molecule has 2 saturated carbocycles. The average molecular weight is 441 g/mol. The van der Waals surface area contributed by atoms with E-state index < -0.39 is 0 Å². The second-order valence-corrected chi connectivity index (χ2v) is 12.7. The fourth-order valence-electron chi connectivity index (χ4n) is 8.64. The lowest BCUT2D eigenvalue weighted by atomic mass is 9.50. The van der Waals surface area contributed by atoms with Crippen molar-refractivity contribution in [1.29, 1.82) is 0 Å². The third-order valence-electron chi connectivity index (χ3n) is 10.8. The molecule has 0 spiro atoms. The molecule has 2 heteroatoms. The summed E-state index contributed by atoms with van der Waals surface area (Å²) in [6.07, 6.45) is 14.1. The molecule has 0 aromatic rings. The van der Waals surface area contributed by atoms with Gasteiger partial charge in [0.05, 0.1) is 0 Å². The highest BCUT2D eigenvalue weighted by atomic mass is 16.5. The molecule has 0 radical (unpaired) electrons. The van der Waals surface area contributed by atoms with Crippen LogP contribution >= 0.6 is 0 Å². The molecule has 7 atom stereocenters. The van der Waals surface area contributed by atoms with Crippen LogP contribution in [0.2, 0.25) is 0 Å². The van der Waals surface area contributed by atoms with Crippen LogP contribution in [0.1, 0.15) is 112 Å². The molecule has 180 valence electrons. The van der Waals surface area contributed by atoms with Crippen LogP contribution in [0.25, 0.3) is 0 Å². The van der Waals surface area contributed by atoms with Gasteiger partial charge in [-0.25, -0.2) is 0 Å².